The van der Waals surface area contributed by atoms with Crippen LogP contribution in [0.5, 0.6) is 0 Å². The first-order chi connectivity index (χ1) is 7.27. The Hall–Kier alpha value is 0.100. The topological polar surface area (TPSA) is 21.3 Å². The Balaban J connectivity index is 2.46. The van der Waals surface area contributed by atoms with Crippen LogP contribution in [0.2, 0.25) is 0 Å². The van der Waals surface area contributed by atoms with E-state index >= 15 is 0 Å². The van der Waals surface area contributed by atoms with Gasteiger partial charge in [0.05, 0.1) is 6.61 Å². The van der Waals surface area contributed by atoms with E-state index in [1.807, 2.05) is 0 Å². The largest absolute Gasteiger partial charge is 0.383 e. The fourth-order valence-corrected chi connectivity index (χ4v) is 3.03. The fraction of sp³-hybridized carbons (Fsp3) is 0.636. The van der Waals surface area contributed by atoms with Gasteiger partial charge in [-0.3, -0.25) is 0 Å². The molecule has 1 aromatic rings. The van der Waals surface area contributed by atoms with Gasteiger partial charge < -0.3 is 10.1 Å². The number of rotatable bonds is 7. The van der Waals surface area contributed by atoms with Crippen LogP contribution in [0.3, 0.4) is 0 Å². The molecular formula is C11H18BrNOS. The third-order valence-electron chi connectivity index (χ3n) is 2.17. The van der Waals surface area contributed by atoms with Crippen LogP contribution >= 0.6 is 27.3 Å². The minimum Gasteiger partial charge on any atom is -0.383 e. The van der Waals surface area contributed by atoms with Crippen molar-refractivity contribution in [3.8, 4) is 0 Å². The van der Waals surface area contributed by atoms with E-state index < -0.39 is 0 Å². The van der Waals surface area contributed by atoms with Gasteiger partial charge in [-0.2, -0.15) is 0 Å². The molecule has 0 spiro atoms. The molecule has 0 amide bonds. The summed E-state index contributed by atoms with van der Waals surface area (Å²) in [5.74, 6) is 0. The normalized spacial score (nSPS) is 13.0. The number of halogens is 1. The highest BCUT2D eigenvalue weighted by molar-refractivity contribution is 9.10. The summed E-state index contributed by atoms with van der Waals surface area (Å²) in [4.78, 5) is 1.39. The molecule has 0 fully saturated rings. The van der Waals surface area contributed by atoms with Gasteiger partial charge in [-0.15, -0.1) is 11.3 Å². The van der Waals surface area contributed by atoms with Gasteiger partial charge in [-0.1, -0.05) is 6.92 Å². The lowest BCUT2D eigenvalue weighted by Crippen LogP contribution is -2.35. The van der Waals surface area contributed by atoms with E-state index in [0.717, 1.165) is 26.0 Å². The summed E-state index contributed by atoms with van der Waals surface area (Å²) >= 11 is 5.35. The lowest BCUT2D eigenvalue weighted by molar-refractivity contribution is 0.166. The molecular weight excluding hydrogens is 274 g/mol. The number of ether oxygens (including phenoxy) is 1. The summed E-state index contributed by atoms with van der Waals surface area (Å²) < 4.78 is 6.43. The Kier molecular flexibility index (Phi) is 6.48. The molecule has 0 saturated heterocycles. The zero-order valence-corrected chi connectivity index (χ0v) is 11.7. The summed E-state index contributed by atoms with van der Waals surface area (Å²) in [6.07, 6.45) is 2.19. The molecule has 0 bridgehead atoms. The SMILES string of the molecule is CCCNC(COC)Cc1sccc1Br. The van der Waals surface area contributed by atoms with Gasteiger partial charge in [-0.05, 0) is 40.3 Å². The Bertz CT molecular complexity index is 277. The minimum atomic E-state index is 0.421. The van der Waals surface area contributed by atoms with Gasteiger partial charge in [0.1, 0.15) is 0 Å². The van der Waals surface area contributed by atoms with Crippen LogP contribution in [0.4, 0.5) is 0 Å². The summed E-state index contributed by atoms with van der Waals surface area (Å²) in [6.45, 7) is 4.00. The predicted molar refractivity (Wildman–Crippen MR) is 69.7 cm³/mol. The van der Waals surface area contributed by atoms with Crippen molar-refractivity contribution in [2.75, 3.05) is 20.3 Å². The van der Waals surface area contributed by atoms with Gasteiger partial charge >= 0.3 is 0 Å². The maximum atomic E-state index is 5.22. The Morgan fingerprint density at radius 2 is 2.40 bits per heavy atom. The van der Waals surface area contributed by atoms with Crippen LogP contribution in [0, 0.1) is 0 Å². The molecule has 1 N–H and O–H groups in total. The first-order valence-corrected chi connectivity index (χ1v) is 6.89. The summed E-state index contributed by atoms with van der Waals surface area (Å²) in [7, 11) is 1.75. The van der Waals surface area contributed by atoms with Gasteiger partial charge in [0, 0.05) is 28.9 Å². The fourth-order valence-electron chi connectivity index (χ4n) is 1.43. The maximum absolute atomic E-state index is 5.22. The quantitative estimate of drug-likeness (QED) is 0.834. The van der Waals surface area contributed by atoms with Crippen LogP contribution in [-0.4, -0.2) is 26.3 Å². The van der Waals surface area contributed by atoms with Crippen LogP contribution in [0.1, 0.15) is 18.2 Å². The Morgan fingerprint density at radius 3 is 2.93 bits per heavy atom. The monoisotopic (exact) mass is 291 g/mol. The average molecular weight is 292 g/mol. The second kappa shape index (κ2) is 7.39. The van der Waals surface area contributed by atoms with Crippen molar-refractivity contribution < 1.29 is 4.74 Å². The number of thiophene rings is 1. The molecule has 86 valence electrons. The third kappa shape index (κ3) is 4.64. The highest BCUT2D eigenvalue weighted by Gasteiger charge is 2.11. The van der Waals surface area contributed by atoms with E-state index in [0.29, 0.717) is 6.04 Å². The molecule has 0 radical (unpaired) electrons. The van der Waals surface area contributed by atoms with Crippen molar-refractivity contribution in [3.05, 3.63) is 20.8 Å². The maximum Gasteiger partial charge on any atom is 0.0619 e. The van der Waals surface area contributed by atoms with Gasteiger partial charge in [-0.25, -0.2) is 0 Å². The van der Waals surface area contributed by atoms with Crippen LogP contribution in [0.25, 0.3) is 0 Å². The summed E-state index contributed by atoms with van der Waals surface area (Å²) in [5, 5.41) is 5.61. The van der Waals surface area contributed by atoms with Crippen molar-refractivity contribution in [2.45, 2.75) is 25.8 Å². The molecule has 0 saturated carbocycles. The molecule has 1 atom stereocenters. The smallest absolute Gasteiger partial charge is 0.0619 e. The standard InChI is InChI=1S/C11H18BrNOS/c1-3-5-13-9(8-14-2)7-11-10(12)4-6-15-11/h4,6,9,13H,3,5,7-8H2,1-2H3. The lowest BCUT2D eigenvalue weighted by atomic mass is 10.2. The molecule has 1 rings (SSSR count). The highest BCUT2D eigenvalue weighted by Crippen LogP contribution is 2.23. The molecule has 0 aliphatic carbocycles. The minimum absolute atomic E-state index is 0.421. The number of methoxy groups -OCH3 is 1. The molecule has 4 heteroatoms. The van der Waals surface area contributed by atoms with E-state index in [1.54, 1.807) is 18.4 Å². The molecule has 1 heterocycles. The summed E-state index contributed by atoms with van der Waals surface area (Å²) in [6, 6.07) is 2.52. The molecule has 0 aliphatic heterocycles. The average Bonchev–Trinajstić information content (AvgIpc) is 2.61. The van der Waals surface area contributed by atoms with E-state index in [2.05, 4.69) is 39.6 Å². The van der Waals surface area contributed by atoms with E-state index in [9.17, 15) is 0 Å². The molecule has 1 aromatic heterocycles. The van der Waals surface area contributed by atoms with E-state index in [4.69, 9.17) is 4.74 Å². The van der Waals surface area contributed by atoms with Crippen LogP contribution in [0.15, 0.2) is 15.9 Å². The van der Waals surface area contributed by atoms with E-state index in [-0.39, 0.29) is 0 Å². The number of hydrogen-bond donors (Lipinski definition) is 1. The summed E-state index contributed by atoms with van der Waals surface area (Å²) in [5.41, 5.74) is 0. The molecule has 2 nitrogen and oxygen atoms in total. The van der Waals surface area contributed by atoms with Crippen LogP contribution in [-0.2, 0) is 11.2 Å². The first-order valence-electron chi connectivity index (χ1n) is 5.22. The number of nitrogens with one attached hydrogen (secondary N) is 1. The molecule has 0 aliphatic rings. The zero-order chi connectivity index (χ0) is 11.1. The Morgan fingerprint density at radius 1 is 1.60 bits per heavy atom. The Labute approximate surface area is 104 Å². The van der Waals surface area contributed by atoms with Crippen molar-refractivity contribution in [1.82, 2.24) is 5.32 Å². The highest BCUT2D eigenvalue weighted by atomic mass is 79.9. The second-order valence-corrected chi connectivity index (χ2v) is 5.36. The third-order valence-corrected chi connectivity index (χ3v) is 4.12. The zero-order valence-electron chi connectivity index (χ0n) is 9.25. The first kappa shape index (κ1) is 13.2. The molecule has 15 heavy (non-hydrogen) atoms. The molecule has 0 aromatic carbocycles. The predicted octanol–water partition coefficient (Wildman–Crippen LogP) is 3.07. The van der Waals surface area contributed by atoms with Crippen molar-refractivity contribution in [1.29, 1.82) is 0 Å². The van der Waals surface area contributed by atoms with Crippen LogP contribution < -0.4 is 5.32 Å². The van der Waals surface area contributed by atoms with Crippen molar-refractivity contribution in [2.24, 2.45) is 0 Å². The molecule has 1 unspecified atom stereocenters. The van der Waals surface area contributed by atoms with Gasteiger partial charge in [0.2, 0.25) is 0 Å². The lowest BCUT2D eigenvalue weighted by Gasteiger charge is -2.16. The second-order valence-electron chi connectivity index (χ2n) is 3.50. The van der Waals surface area contributed by atoms with Crippen molar-refractivity contribution >= 4 is 27.3 Å². The van der Waals surface area contributed by atoms with Crippen molar-refractivity contribution in [3.63, 3.8) is 0 Å². The number of hydrogen-bond acceptors (Lipinski definition) is 3. The van der Waals surface area contributed by atoms with Gasteiger partial charge in [0.25, 0.3) is 0 Å². The van der Waals surface area contributed by atoms with Gasteiger partial charge in [0.15, 0.2) is 0 Å². The van der Waals surface area contributed by atoms with E-state index in [1.165, 1.54) is 9.35 Å².